The molecule has 0 unspecified atom stereocenters. The molecule has 0 bridgehead atoms. The molecule has 3 heteroatoms. The molecule has 0 amide bonds. The Kier molecular flexibility index (Phi) is 9.17. The minimum absolute atomic E-state index is 0.868. The zero-order valence-corrected chi connectivity index (χ0v) is 36.6. The van der Waals surface area contributed by atoms with E-state index in [-0.39, 0.29) is 0 Å². The first-order chi connectivity index (χ1) is 33.2. The van der Waals surface area contributed by atoms with Crippen molar-refractivity contribution >= 4 is 71.6 Å². The number of nitrogens with zero attached hydrogens (tertiary/aromatic N) is 2. The lowest BCUT2D eigenvalue weighted by molar-refractivity contribution is 0.669. The maximum absolute atomic E-state index is 6.78. The smallest absolute Gasteiger partial charge is 0.160 e. The summed E-state index contributed by atoms with van der Waals surface area (Å²) < 4.78 is 9.16. The van der Waals surface area contributed by atoms with E-state index in [2.05, 4.69) is 258 Å². The van der Waals surface area contributed by atoms with Crippen LogP contribution in [0, 0.1) is 0 Å². The Bertz CT molecular complexity index is 3920. The normalized spacial score (nSPS) is 11.6. The van der Waals surface area contributed by atoms with Gasteiger partial charge in [0.15, 0.2) is 5.58 Å². The van der Waals surface area contributed by atoms with Crippen LogP contribution in [0.5, 0.6) is 0 Å². The number of fused-ring (bicyclic) bond motifs is 8. The quantitative estimate of drug-likeness (QED) is 0.152. The van der Waals surface area contributed by atoms with Crippen molar-refractivity contribution in [3.8, 4) is 50.2 Å². The molecule has 11 aromatic carbocycles. The fraction of sp³-hybridized carbons (Fsp3) is 0. The summed E-state index contributed by atoms with van der Waals surface area (Å²) in [5.41, 5.74) is 17.9. The molecule has 314 valence electrons. The molecule has 3 nitrogen and oxygen atoms in total. The zero-order valence-electron chi connectivity index (χ0n) is 36.6. The molecular formula is C64H42N2O. The van der Waals surface area contributed by atoms with Gasteiger partial charge in [-0.2, -0.15) is 0 Å². The lowest BCUT2D eigenvalue weighted by Gasteiger charge is -2.26. The summed E-state index contributed by atoms with van der Waals surface area (Å²) in [6.07, 6.45) is 0. The lowest BCUT2D eigenvalue weighted by Crippen LogP contribution is -2.10. The highest BCUT2D eigenvalue weighted by Gasteiger charge is 2.22. The lowest BCUT2D eigenvalue weighted by atomic mass is 9.96. The van der Waals surface area contributed by atoms with E-state index < -0.39 is 0 Å². The number of anilines is 3. The van der Waals surface area contributed by atoms with Crippen LogP contribution in [-0.2, 0) is 0 Å². The molecule has 0 radical (unpaired) electrons. The van der Waals surface area contributed by atoms with Crippen molar-refractivity contribution in [1.29, 1.82) is 0 Å². The Balaban J connectivity index is 0.839. The van der Waals surface area contributed by atoms with Crippen LogP contribution in [0.25, 0.3) is 105 Å². The van der Waals surface area contributed by atoms with E-state index in [1.807, 2.05) is 6.07 Å². The number of rotatable bonds is 8. The fourth-order valence-electron chi connectivity index (χ4n) is 10.2. The van der Waals surface area contributed by atoms with E-state index in [4.69, 9.17) is 4.42 Å². The Morgan fingerprint density at radius 1 is 0.328 bits per heavy atom. The van der Waals surface area contributed by atoms with E-state index in [0.717, 1.165) is 55.8 Å². The van der Waals surface area contributed by atoms with Crippen LogP contribution in [0.4, 0.5) is 17.1 Å². The molecule has 2 heterocycles. The molecule has 0 N–H and O–H groups in total. The number of furan rings is 1. The van der Waals surface area contributed by atoms with Gasteiger partial charge in [-0.1, -0.05) is 194 Å². The van der Waals surface area contributed by atoms with Crippen molar-refractivity contribution in [2.24, 2.45) is 0 Å². The number of aromatic nitrogens is 1. The molecule has 0 fully saturated rings. The highest BCUT2D eigenvalue weighted by molar-refractivity contribution is 6.23. The summed E-state index contributed by atoms with van der Waals surface area (Å²) in [6, 6.07) is 91.6. The first-order valence-electron chi connectivity index (χ1n) is 22.9. The second-order valence-corrected chi connectivity index (χ2v) is 17.3. The highest BCUT2D eigenvalue weighted by atomic mass is 16.3. The van der Waals surface area contributed by atoms with Gasteiger partial charge in [-0.25, -0.2) is 0 Å². The topological polar surface area (TPSA) is 21.3 Å². The molecule has 0 spiro atoms. The van der Waals surface area contributed by atoms with Crippen LogP contribution in [0.2, 0.25) is 0 Å². The largest absolute Gasteiger partial charge is 0.454 e. The Morgan fingerprint density at radius 2 is 0.806 bits per heavy atom. The summed E-state index contributed by atoms with van der Waals surface area (Å²) in [7, 11) is 0. The van der Waals surface area contributed by atoms with Crippen molar-refractivity contribution in [3.63, 3.8) is 0 Å². The summed E-state index contributed by atoms with van der Waals surface area (Å²) in [4.78, 5) is 2.34. The van der Waals surface area contributed by atoms with Gasteiger partial charge in [-0.3, -0.25) is 0 Å². The van der Waals surface area contributed by atoms with Crippen molar-refractivity contribution < 1.29 is 4.42 Å². The van der Waals surface area contributed by atoms with Crippen LogP contribution in [0.1, 0.15) is 0 Å². The van der Waals surface area contributed by atoms with Gasteiger partial charge < -0.3 is 13.9 Å². The third kappa shape index (κ3) is 6.59. The fourth-order valence-corrected chi connectivity index (χ4v) is 10.2. The molecule has 0 aliphatic rings. The van der Waals surface area contributed by atoms with Crippen molar-refractivity contribution in [2.45, 2.75) is 0 Å². The molecule has 2 aromatic heterocycles. The van der Waals surface area contributed by atoms with Crippen molar-refractivity contribution in [2.75, 3.05) is 4.90 Å². The molecule has 0 atom stereocenters. The Morgan fingerprint density at radius 3 is 1.45 bits per heavy atom. The molecule has 67 heavy (non-hydrogen) atoms. The maximum atomic E-state index is 6.78. The van der Waals surface area contributed by atoms with Gasteiger partial charge in [0.1, 0.15) is 5.58 Å². The number of hydrogen-bond acceptors (Lipinski definition) is 2. The molecule has 0 aliphatic heterocycles. The Hall–Kier alpha value is -8.92. The average Bonchev–Trinajstić information content (AvgIpc) is 3.97. The average molecular weight is 855 g/mol. The predicted molar refractivity (Wildman–Crippen MR) is 282 cm³/mol. The van der Waals surface area contributed by atoms with Gasteiger partial charge in [0.2, 0.25) is 0 Å². The number of benzene rings is 11. The van der Waals surface area contributed by atoms with Gasteiger partial charge >= 0.3 is 0 Å². The summed E-state index contributed by atoms with van der Waals surface area (Å²) in [6.45, 7) is 0. The minimum atomic E-state index is 0.868. The SMILES string of the molecule is c1ccc(-c2ccc(N(c3ccc(-c4ccc(-c5ccc(-c6cccc7c6c6ccccc6n7-c6ccccc6)cc5)cc4)cc3)c3cc4ccccc4c4c3oc3ccccc34)cc2)cc1. The number of para-hydroxylation sites is 3. The van der Waals surface area contributed by atoms with E-state index in [1.54, 1.807) is 0 Å². The second-order valence-electron chi connectivity index (χ2n) is 17.3. The molecule has 13 rings (SSSR count). The van der Waals surface area contributed by atoms with Crippen LogP contribution in [0.15, 0.2) is 259 Å². The van der Waals surface area contributed by atoms with Crippen molar-refractivity contribution in [1.82, 2.24) is 4.57 Å². The maximum Gasteiger partial charge on any atom is 0.160 e. The van der Waals surface area contributed by atoms with E-state index in [1.165, 1.54) is 66.0 Å². The molecule has 0 saturated carbocycles. The van der Waals surface area contributed by atoms with Crippen LogP contribution in [0.3, 0.4) is 0 Å². The second kappa shape index (κ2) is 16.0. The van der Waals surface area contributed by atoms with Crippen molar-refractivity contribution in [3.05, 3.63) is 255 Å². The van der Waals surface area contributed by atoms with Gasteiger partial charge in [0, 0.05) is 38.6 Å². The third-order valence-electron chi connectivity index (χ3n) is 13.4. The van der Waals surface area contributed by atoms with E-state index in [9.17, 15) is 0 Å². The molecular weight excluding hydrogens is 813 g/mol. The zero-order chi connectivity index (χ0) is 44.3. The standard InChI is InChI=1S/C64H42N2O/c1-3-14-43(15-4-1)47-34-38-52(39-35-47)65(60-42-50-16-7-8-19-55(50)63-57-21-10-12-25-61(57)67-64(60)63)53-40-36-48(37-41-53)45-28-26-44(27-29-45)46-30-32-49(33-31-46)54-22-13-24-59-62(54)56-20-9-11-23-58(56)66(59)51-17-5-2-6-18-51/h1-42H. The number of hydrogen-bond donors (Lipinski definition) is 0. The van der Waals surface area contributed by atoms with Gasteiger partial charge in [-0.05, 0) is 116 Å². The van der Waals surface area contributed by atoms with Crippen LogP contribution < -0.4 is 4.90 Å². The highest BCUT2D eigenvalue weighted by Crippen LogP contribution is 2.46. The van der Waals surface area contributed by atoms with E-state index in [0.29, 0.717) is 0 Å². The van der Waals surface area contributed by atoms with Gasteiger partial charge in [-0.15, -0.1) is 0 Å². The van der Waals surface area contributed by atoms with Crippen LogP contribution in [-0.4, -0.2) is 4.57 Å². The summed E-state index contributed by atoms with van der Waals surface area (Å²) in [5, 5.41) is 7.12. The first kappa shape index (κ1) is 38.5. The van der Waals surface area contributed by atoms with E-state index >= 15 is 0 Å². The monoisotopic (exact) mass is 854 g/mol. The van der Waals surface area contributed by atoms with Gasteiger partial charge in [0.05, 0.1) is 16.7 Å². The summed E-state index contributed by atoms with van der Waals surface area (Å²) >= 11 is 0. The summed E-state index contributed by atoms with van der Waals surface area (Å²) in [5.74, 6) is 0. The minimum Gasteiger partial charge on any atom is -0.454 e. The molecule has 0 aliphatic carbocycles. The van der Waals surface area contributed by atoms with Gasteiger partial charge in [0.25, 0.3) is 0 Å². The third-order valence-corrected chi connectivity index (χ3v) is 13.4. The molecule has 0 saturated heterocycles. The van der Waals surface area contributed by atoms with Crippen LogP contribution >= 0.6 is 0 Å². The Labute approximate surface area is 388 Å². The molecule has 13 aromatic rings. The first-order valence-corrected chi connectivity index (χ1v) is 22.9. The predicted octanol–water partition coefficient (Wildman–Crippen LogP) is 18.0.